The Morgan fingerprint density at radius 1 is 1.47 bits per heavy atom. The van der Waals surface area contributed by atoms with E-state index in [1.165, 1.54) is 16.0 Å². The average molecular weight is 222 g/mol. The fourth-order valence-electron chi connectivity index (χ4n) is 2.12. The molecule has 1 nitrogen and oxygen atoms in total. The topological polar surface area (TPSA) is 20.2 Å². The highest BCUT2D eigenvalue weighted by Crippen LogP contribution is 2.40. The van der Waals surface area contributed by atoms with Crippen LogP contribution in [-0.4, -0.2) is 16.0 Å². The van der Waals surface area contributed by atoms with Crippen LogP contribution in [0.2, 0.25) is 0 Å². The lowest BCUT2D eigenvalue weighted by atomic mass is 9.98. The van der Waals surface area contributed by atoms with E-state index in [1.54, 1.807) is 0 Å². The van der Waals surface area contributed by atoms with E-state index in [4.69, 9.17) is 0 Å². The summed E-state index contributed by atoms with van der Waals surface area (Å²) in [6, 6.07) is 6.64. The first-order chi connectivity index (χ1) is 6.94. The summed E-state index contributed by atoms with van der Waals surface area (Å²) in [5.41, 5.74) is 2.24. The number of benzene rings is 1. The maximum absolute atomic E-state index is 9.80. The normalized spacial score (nSPS) is 20.4. The van der Waals surface area contributed by atoms with Crippen LogP contribution in [0.15, 0.2) is 23.1 Å². The number of aliphatic hydroxyl groups is 1. The molecule has 1 heterocycles. The van der Waals surface area contributed by atoms with Crippen LogP contribution in [0.1, 0.15) is 31.4 Å². The van der Waals surface area contributed by atoms with E-state index >= 15 is 0 Å². The molecule has 1 aliphatic rings. The number of aryl methyl sites for hydroxylation is 1. The molecule has 1 aromatic carbocycles. The Labute approximate surface area is 95.9 Å². The zero-order valence-electron chi connectivity index (χ0n) is 9.58. The summed E-state index contributed by atoms with van der Waals surface area (Å²) in [6.07, 6.45) is 1.97. The van der Waals surface area contributed by atoms with Crippen molar-refractivity contribution in [1.29, 1.82) is 0 Å². The van der Waals surface area contributed by atoms with Gasteiger partial charge < -0.3 is 5.11 Å². The molecular weight excluding hydrogens is 204 g/mol. The molecule has 0 radical (unpaired) electrons. The Bertz CT molecular complexity index is 365. The van der Waals surface area contributed by atoms with E-state index in [9.17, 15) is 5.11 Å². The van der Waals surface area contributed by atoms with E-state index in [0.29, 0.717) is 5.25 Å². The predicted octanol–water partition coefficient (Wildman–Crippen LogP) is 3.17. The summed E-state index contributed by atoms with van der Waals surface area (Å²) in [5.74, 6) is 0. The largest absolute Gasteiger partial charge is 0.390 e. The Balaban J connectivity index is 2.09. The Morgan fingerprint density at radius 2 is 2.20 bits per heavy atom. The number of hydrogen-bond acceptors (Lipinski definition) is 2. The first-order valence-electron chi connectivity index (χ1n) is 5.43. The fraction of sp³-hybridized carbons (Fsp3) is 0.538. The van der Waals surface area contributed by atoms with Crippen LogP contribution in [0.4, 0.5) is 0 Å². The van der Waals surface area contributed by atoms with Crippen LogP contribution >= 0.6 is 11.8 Å². The summed E-state index contributed by atoms with van der Waals surface area (Å²) in [6.45, 7) is 5.91. The molecule has 1 N–H and O–H groups in total. The van der Waals surface area contributed by atoms with Crippen molar-refractivity contribution in [2.45, 2.75) is 49.4 Å². The van der Waals surface area contributed by atoms with Crippen LogP contribution in [0.3, 0.4) is 0 Å². The minimum absolute atomic E-state index is 0.543. The summed E-state index contributed by atoms with van der Waals surface area (Å²) in [4.78, 5) is 1.40. The van der Waals surface area contributed by atoms with Gasteiger partial charge in [0.15, 0.2) is 0 Å². The van der Waals surface area contributed by atoms with Crippen LogP contribution < -0.4 is 0 Å². The SMILES string of the molecule is Cc1ccc2c(c1)CC(CC(C)(C)O)S2. The van der Waals surface area contributed by atoms with Crippen molar-refractivity contribution in [3.8, 4) is 0 Å². The zero-order chi connectivity index (χ0) is 11.1. The van der Waals surface area contributed by atoms with E-state index < -0.39 is 5.60 Å². The molecular formula is C13H18OS. The molecule has 1 aliphatic heterocycles. The molecule has 0 bridgehead atoms. The van der Waals surface area contributed by atoms with Crippen molar-refractivity contribution in [1.82, 2.24) is 0 Å². The number of hydrogen-bond donors (Lipinski definition) is 1. The Hall–Kier alpha value is -0.470. The van der Waals surface area contributed by atoms with Gasteiger partial charge in [-0.1, -0.05) is 17.7 Å². The Kier molecular flexibility index (Phi) is 2.82. The molecule has 0 aliphatic carbocycles. The average Bonchev–Trinajstić information content (AvgIpc) is 2.42. The smallest absolute Gasteiger partial charge is 0.0602 e. The van der Waals surface area contributed by atoms with Gasteiger partial charge in [-0.2, -0.15) is 0 Å². The molecule has 0 aromatic heterocycles. The molecule has 2 rings (SSSR count). The standard InChI is InChI=1S/C13H18OS/c1-9-4-5-12-10(6-9)7-11(15-12)8-13(2,3)14/h4-6,11,14H,7-8H2,1-3H3. The second-order valence-electron chi connectivity index (χ2n) is 5.07. The highest BCUT2D eigenvalue weighted by atomic mass is 32.2. The van der Waals surface area contributed by atoms with Crippen molar-refractivity contribution < 1.29 is 5.11 Å². The maximum Gasteiger partial charge on any atom is 0.0602 e. The highest BCUT2D eigenvalue weighted by Gasteiger charge is 2.27. The van der Waals surface area contributed by atoms with Gasteiger partial charge in [-0.25, -0.2) is 0 Å². The van der Waals surface area contributed by atoms with Gasteiger partial charge in [0.2, 0.25) is 0 Å². The Morgan fingerprint density at radius 3 is 2.87 bits per heavy atom. The van der Waals surface area contributed by atoms with E-state index in [-0.39, 0.29) is 0 Å². The molecule has 0 amide bonds. The molecule has 1 aromatic rings. The van der Waals surface area contributed by atoms with Crippen molar-refractivity contribution in [3.05, 3.63) is 29.3 Å². The zero-order valence-corrected chi connectivity index (χ0v) is 10.4. The minimum atomic E-state index is -0.547. The van der Waals surface area contributed by atoms with Gasteiger partial charge in [-0.05, 0) is 45.2 Å². The molecule has 1 unspecified atom stereocenters. The highest BCUT2D eigenvalue weighted by molar-refractivity contribution is 8.00. The van der Waals surface area contributed by atoms with Crippen molar-refractivity contribution >= 4 is 11.8 Å². The first kappa shape index (κ1) is 11.0. The molecule has 2 heteroatoms. The molecule has 15 heavy (non-hydrogen) atoms. The van der Waals surface area contributed by atoms with Crippen LogP contribution in [-0.2, 0) is 6.42 Å². The predicted molar refractivity (Wildman–Crippen MR) is 65.4 cm³/mol. The van der Waals surface area contributed by atoms with Gasteiger partial charge >= 0.3 is 0 Å². The lowest BCUT2D eigenvalue weighted by Gasteiger charge is -2.20. The summed E-state index contributed by atoms with van der Waals surface area (Å²) >= 11 is 1.91. The maximum atomic E-state index is 9.80. The second kappa shape index (κ2) is 3.84. The fourth-order valence-corrected chi connectivity index (χ4v) is 3.67. The van der Waals surface area contributed by atoms with Gasteiger partial charge in [0, 0.05) is 10.1 Å². The molecule has 82 valence electrons. The third kappa shape index (κ3) is 2.76. The lowest BCUT2D eigenvalue weighted by molar-refractivity contribution is 0.0709. The van der Waals surface area contributed by atoms with Gasteiger partial charge in [0.05, 0.1) is 5.60 Å². The molecule has 0 fully saturated rings. The minimum Gasteiger partial charge on any atom is -0.390 e. The van der Waals surface area contributed by atoms with Gasteiger partial charge in [0.25, 0.3) is 0 Å². The van der Waals surface area contributed by atoms with E-state index in [1.807, 2.05) is 25.6 Å². The van der Waals surface area contributed by atoms with Crippen LogP contribution in [0, 0.1) is 6.92 Å². The number of fused-ring (bicyclic) bond motifs is 1. The lowest BCUT2D eigenvalue weighted by Crippen LogP contribution is -2.24. The third-order valence-electron chi connectivity index (χ3n) is 2.68. The van der Waals surface area contributed by atoms with Gasteiger partial charge in [-0.15, -0.1) is 11.8 Å². The molecule has 0 saturated carbocycles. The first-order valence-corrected chi connectivity index (χ1v) is 6.30. The quantitative estimate of drug-likeness (QED) is 0.829. The summed E-state index contributed by atoms with van der Waals surface area (Å²) in [7, 11) is 0. The van der Waals surface area contributed by atoms with Gasteiger partial charge in [0.1, 0.15) is 0 Å². The van der Waals surface area contributed by atoms with Gasteiger partial charge in [-0.3, -0.25) is 0 Å². The number of rotatable bonds is 2. The monoisotopic (exact) mass is 222 g/mol. The summed E-state index contributed by atoms with van der Waals surface area (Å²) in [5, 5.41) is 10.3. The molecule has 1 atom stereocenters. The van der Waals surface area contributed by atoms with Crippen molar-refractivity contribution in [2.24, 2.45) is 0 Å². The molecule has 0 spiro atoms. The van der Waals surface area contributed by atoms with Crippen LogP contribution in [0.5, 0.6) is 0 Å². The van der Waals surface area contributed by atoms with Crippen LogP contribution in [0.25, 0.3) is 0 Å². The van der Waals surface area contributed by atoms with Crippen molar-refractivity contribution in [3.63, 3.8) is 0 Å². The van der Waals surface area contributed by atoms with E-state index in [0.717, 1.165) is 12.8 Å². The number of thioether (sulfide) groups is 1. The van der Waals surface area contributed by atoms with Crippen molar-refractivity contribution in [2.75, 3.05) is 0 Å². The van der Waals surface area contributed by atoms with E-state index in [2.05, 4.69) is 25.1 Å². The second-order valence-corrected chi connectivity index (χ2v) is 6.41. The molecule has 0 saturated heterocycles. The third-order valence-corrected chi connectivity index (χ3v) is 4.00. The summed E-state index contributed by atoms with van der Waals surface area (Å²) < 4.78 is 0.